The first-order valence-corrected chi connectivity index (χ1v) is 8.28. The number of anilines is 1. The minimum Gasteiger partial charge on any atom is -0.481 e. The second kappa shape index (κ2) is 7.54. The molecule has 3 rings (SSSR count). The molecule has 0 radical (unpaired) electrons. The summed E-state index contributed by atoms with van der Waals surface area (Å²) in [7, 11) is 0. The van der Waals surface area contributed by atoms with Crippen LogP contribution >= 0.6 is 12.4 Å². The SMILES string of the molecule is CC(=O)c1ccccc1NC(=O)CN1C[C@@H]2CCC[C@@]2(C(=O)O)C1.Cl. The minimum atomic E-state index is -0.741. The van der Waals surface area contributed by atoms with Gasteiger partial charge in [-0.05, 0) is 37.8 Å². The van der Waals surface area contributed by atoms with Crippen molar-refractivity contribution in [3.8, 4) is 0 Å². The molecule has 2 N–H and O–H groups in total. The molecular formula is C18H23ClN2O4. The van der Waals surface area contributed by atoms with Crippen LogP contribution in [0.1, 0.15) is 36.5 Å². The number of Topliss-reactive ketones (excluding diaryl/α,β-unsaturated/α-hetero) is 1. The number of para-hydroxylation sites is 1. The molecule has 7 heteroatoms. The van der Waals surface area contributed by atoms with Gasteiger partial charge in [-0.25, -0.2) is 0 Å². The summed E-state index contributed by atoms with van der Waals surface area (Å²) < 4.78 is 0. The summed E-state index contributed by atoms with van der Waals surface area (Å²) in [5.41, 5.74) is 0.297. The van der Waals surface area contributed by atoms with E-state index in [1.807, 2.05) is 4.90 Å². The first-order chi connectivity index (χ1) is 11.4. The maximum absolute atomic E-state index is 12.3. The monoisotopic (exact) mass is 366 g/mol. The van der Waals surface area contributed by atoms with Crippen molar-refractivity contribution in [1.29, 1.82) is 0 Å². The van der Waals surface area contributed by atoms with Gasteiger partial charge in [0.1, 0.15) is 0 Å². The Kier molecular flexibility index (Phi) is 5.85. The molecule has 136 valence electrons. The first kappa shape index (κ1) is 19.4. The number of rotatable bonds is 5. The molecule has 0 aromatic heterocycles. The highest BCUT2D eigenvalue weighted by Crippen LogP contribution is 2.48. The number of fused-ring (bicyclic) bond motifs is 1. The van der Waals surface area contributed by atoms with Gasteiger partial charge < -0.3 is 10.4 Å². The van der Waals surface area contributed by atoms with Gasteiger partial charge in [-0.2, -0.15) is 0 Å². The summed E-state index contributed by atoms with van der Waals surface area (Å²) in [5, 5.41) is 12.4. The molecule has 0 bridgehead atoms. The van der Waals surface area contributed by atoms with Crippen LogP contribution in [-0.4, -0.2) is 47.3 Å². The molecule has 2 aliphatic rings. The zero-order chi connectivity index (χ0) is 17.3. The van der Waals surface area contributed by atoms with E-state index < -0.39 is 11.4 Å². The van der Waals surface area contributed by atoms with Crippen molar-refractivity contribution in [2.75, 3.05) is 25.0 Å². The van der Waals surface area contributed by atoms with Gasteiger partial charge in [-0.3, -0.25) is 19.3 Å². The van der Waals surface area contributed by atoms with E-state index in [0.29, 0.717) is 30.8 Å². The predicted octanol–water partition coefficient (Wildman–Crippen LogP) is 2.44. The largest absolute Gasteiger partial charge is 0.481 e. The Balaban J connectivity index is 0.00000225. The number of aliphatic carboxylic acids is 1. The summed E-state index contributed by atoms with van der Waals surface area (Å²) in [6.07, 6.45) is 2.55. The normalized spacial score (nSPS) is 25.1. The van der Waals surface area contributed by atoms with E-state index in [-0.39, 0.29) is 36.6 Å². The number of carbonyl (C=O) groups excluding carboxylic acids is 2. The number of nitrogens with zero attached hydrogens (tertiary/aromatic N) is 1. The van der Waals surface area contributed by atoms with Gasteiger partial charge in [0.05, 0.1) is 17.6 Å². The summed E-state index contributed by atoms with van der Waals surface area (Å²) >= 11 is 0. The molecule has 6 nitrogen and oxygen atoms in total. The van der Waals surface area contributed by atoms with Crippen LogP contribution in [0.3, 0.4) is 0 Å². The van der Waals surface area contributed by atoms with Gasteiger partial charge in [-0.15, -0.1) is 12.4 Å². The standard InChI is InChI=1S/C18H22N2O4.ClH/c1-12(21)14-6-2-3-7-15(14)19-16(22)10-20-9-13-5-4-8-18(13,11-20)17(23)24;/h2-3,6-7,13H,4-5,8-11H2,1H3,(H,19,22)(H,23,24);1H/t13-,18+;/m0./s1. The molecule has 0 unspecified atom stereocenters. The molecule has 1 aromatic carbocycles. The molecule has 2 atom stereocenters. The van der Waals surface area contributed by atoms with Gasteiger partial charge in [0.2, 0.25) is 5.91 Å². The molecule has 1 saturated heterocycles. The average molecular weight is 367 g/mol. The van der Waals surface area contributed by atoms with Crippen molar-refractivity contribution in [3.63, 3.8) is 0 Å². The third kappa shape index (κ3) is 3.70. The van der Waals surface area contributed by atoms with E-state index in [2.05, 4.69) is 5.32 Å². The quantitative estimate of drug-likeness (QED) is 0.781. The molecule has 1 saturated carbocycles. The minimum absolute atomic E-state index is 0. The zero-order valence-corrected chi connectivity index (χ0v) is 15.0. The van der Waals surface area contributed by atoms with Crippen molar-refractivity contribution < 1.29 is 19.5 Å². The molecule has 1 aliphatic heterocycles. The Labute approximate surface area is 153 Å². The Morgan fingerprint density at radius 1 is 1.32 bits per heavy atom. The summed E-state index contributed by atoms with van der Waals surface area (Å²) in [6, 6.07) is 6.90. The number of nitrogens with one attached hydrogen (secondary N) is 1. The topological polar surface area (TPSA) is 86.7 Å². The number of carboxylic acids is 1. The van der Waals surface area contributed by atoms with Gasteiger partial charge in [-0.1, -0.05) is 18.6 Å². The highest BCUT2D eigenvalue weighted by Gasteiger charge is 2.54. The fourth-order valence-corrected chi connectivity index (χ4v) is 4.16. The van der Waals surface area contributed by atoms with Crippen LogP contribution in [-0.2, 0) is 9.59 Å². The van der Waals surface area contributed by atoms with Crippen LogP contribution in [0.4, 0.5) is 5.69 Å². The molecular weight excluding hydrogens is 344 g/mol. The van der Waals surface area contributed by atoms with Crippen molar-refractivity contribution in [2.45, 2.75) is 26.2 Å². The van der Waals surface area contributed by atoms with Gasteiger partial charge in [0.15, 0.2) is 5.78 Å². The highest BCUT2D eigenvalue weighted by atomic mass is 35.5. The van der Waals surface area contributed by atoms with Crippen molar-refractivity contribution >= 4 is 35.8 Å². The molecule has 0 spiro atoms. The number of carboxylic acid groups (broad SMARTS) is 1. The molecule has 1 amide bonds. The van der Waals surface area contributed by atoms with E-state index in [1.54, 1.807) is 24.3 Å². The van der Waals surface area contributed by atoms with Crippen molar-refractivity contribution in [3.05, 3.63) is 29.8 Å². The maximum Gasteiger partial charge on any atom is 0.311 e. The summed E-state index contributed by atoms with van der Waals surface area (Å²) in [4.78, 5) is 37.5. The third-order valence-electron chi connectivity index (χ3n) is 5.31. The maximum atomic E-state index is 12.3. The number of hydrogen-bond donors (Lipinski definition) is 2. The van der Waals surface area contributed by atoms with Crippen LogP contribution < -0.4 is 5.32 Å². The second-order valence-electron chi connectivity index (χ2n) is 6.87. The molecule has 1 heterocycles. The van der Waals surface area contributed by atoms with Crippen molar-refractivity contribution in [1.82, 2.24) is 4.90 Å². The number of ketones is 1. The number of hydrogen-bond acceptors (Lipinski definition) is 4. The number of halogens is 1. The molecule has 1 aromatic rings. The smallest absolute Gasteiger partial charge is 0.311 e. The number of benzene rings is 1. The Morgan fingerprint density at radius 3 is 2.68 bits per heavy atom. The van der Waals surface area contributed by atoms with Crippen LogP contribution in [0.5, 0.6) is 0 Å². The lowest BCUT2D eigenvalue weighted by Gasteiger charge is -2.23. The van der Waals surface area contributed by atoms with E-state index >= 15 is 0 Å². The molecule has 2 fully saturated rings. The lowest BCUT2D eigenvalue weighted by Crippen LogP contribution is -2.37. The van der Waals surface area contributed by atoms with E-state index in [4.69, 9.17) is 0 Å². The zero-order valence-electron chi connectivity index (χ0n) is 14.2. The Morgan fingerprint density at radius 2 is 2.04 bits per heavy atom. The summed E-state index contributed by atoms with van der Waals surface area (Å²) in [6.45, 7) is 2.68. The van der Waals surface area contributed by atoms with Gasteiger partial charge >= 0.3 is 5.97 Å². The van der Waals surface area contributed by atoms with Crippen LogP contribution in [0.2, 0.25) is 0 Å². The molecule has 25 heavy (non-hydrogen) atoms. The Bertz CT molecular complexity index is 693. The van der Waals surface area contributed by atoms with E-state index in [9.17, 15) is 19.5 Å². The number of likely N-dealkylation sites (tertiary alicyclic amines) is 1. The predicted molar refractivity (Wildman–Crippen MR) is 96.2 cm³/mol. The van der Waals surface area contributed by atoms with Gasteiger partial charge in [0, 0.05) is 18.7 Å². The second-order valence-corrected chi connectivity index (χ2v) is 6.87. The fourth-order valence-electron chi connectivity index (χ4n) is 4.16. The highest BCUT2D eigenvalue weighted by molar-refractivity contribution is 6.04. The number of carbonyl (C=O) groups is 3. The lowest BCUT2D eigenvalue weighted by molar-refractivity contribution is -0.149. The molecule has 1 aliphatic carbocycles. The van der Waals surface area contributed by atoms with Crippen LogP contribution in [0.25, 0.3) is 0 Å². The first-order valence-electron chi connectivity index (χ1n) is 8.28. The lowest BCUT2D eigenvalue weighted by atomic mass is 9.81. The third-order valence-corrected chi connectivity index (χ3v) is 5.31. The Hall–Kier alpha value is -1.92. The summed E-state index contributed by atoms with van der Waals surface area (Å²) in [5.74, 6) is -0.933. The fraction of sp³-hybridized carbons (Fsp3) is 0.500. The van der Waals surface area contributed by atoms with E-state index in [1.165, 1.54) is 6.92 Å². The number of amides is 1. The average Bonchev–Trinajstić information content (AvgIpc) is 3.05. The van der Waals surface area contributed by atoms with E-state index in [0.717, 1.165) is 12.8 Å². The van der Waals surface area contributed by atoms with Crippen LogP contribution in [0, 0.1) is 11.3 Å². The van der Waals surface area contributed by atoms with Crippen LogP contribution in [0.15, 0.2) is 24.3 Å². The van der Waals surface area contributed by atoms with Crippen molar-refractivity contribution in [2.24, 2.45) is 11.3 Å². The van der Waals surface area contributed by atoms with Gasteiger partial charge in [0.25, 0.3) is 0 Å².